The van der Waals surface area contributed by atoms with E-state index in [4.69, 9.17) is 46.4 Å². The lowest BCUT2D eigenvalue weighted by Gasteiger charge is -2.20. The van der Waals surface area contributed by atoms with Crippen LogP contribution in [-0.2, 0) is 0 Å². The molecule has 0 saturated heterocycles. The van der Waals surface area contributed by atoms with E-state index in [-0.39, 0.29) is 11.8 Å². The van der Waals surface area contributed by atoms with Crippen molar-refractivity contribution in [2.75, 3.05) is 11.8 Å². The molecule has 16 heavy (non-hydrogen) atoms. The summed E-state index contributed by atoms with van der Waals surface area (Å²) >= 11 is 24.1. The van der Waals surface area contributed by atoms with Gasteiger partial charge in [-0.1, -0.05) is 43.1 Å². The molecule has 0 aliphatic heterocycles. The molecule has 1 rings (SSSR count). The average molecular weight is 300 g/mol. The molecule has 0 radical (unpaired) electrons. The van der Waals surface area contributed by atoms with Gasteiger partial charge in [0.25, 0.3) is 0 Å². The Hall–Kier alpha value is 0.380. The van der Waals surface area contributed by atoms with E-state index in [9.17, 15) is 0 Å². The van der Waals surface area contributed by atoms with Crippen molar-refractivity contribution in [1.82, 2.24) is 0 Å². The van der Waals surface area contributed by atoms with Gasteiger partial charge in [0.15, 0.2) is 0 Å². The van der Waals surface area contributed by atoms with E-state index >= 15 is 0 Å². The van der Waals surface area contributed by atoms with Crippen molar-refractivity contribution in [3.63, 3.8) is 0 Å². The predicted molar refractivity (Wildman–Crippen MR) is 74.7 cm³/mol. The van der Waals surface area contributed by atoms with Gasteiger partial charge in [-0.15, -0.1) is 23.2 Å². The van der Waals surface area contributed by atoms with Crippen LogP contribution in [0.25, 0.3) is 0 Å². The van der Waals surface area contributed by atoms with Crippen LogP contribution in [0.5, 0.6) is 0 Å². The van der Waals surface area contributed by atoms with E-state index in [1.54, 1.807) is 0 Å². The fourth-order valence-electron chi connectivity index (χ4n) is 1.67. The van der Waals surface area contributed by atoms with E-state index in [1.165, 1.54) is 0 Å². The fraction of sp³-hybridized carbons (Fsp3) is 0.500. The SMILES string of the molecule is CC(CCl)c1ccc(Cl)c(Cl)c1C(C)CCl. The summed E-state index contributed by atoms with van der Waals surface area (Å²) in [6.07, 6.45) is 0. The molecular formula is C12H14Cl4. The van der Waals surface area contributed by atoms with Gasteiger partial charge in [0.2, 0.25) is 0 Å². The van der Waals surface area contributed by atoms with Gasteiger partial charge in [-0.2, -0.15) is 0 Å². The summed E-state index contributed by atoms with van der Waals surface area (Å²) in [5.74, 6) is 1.49. The highest BCUT2D eigenvalue weighted by Gasteiger charge is 2.19. The molecule has 0 amide bonds. The summed E-state index contributed by atoms with van der Waals surface area (Å²) in [4.78, 5) is 0. The van der Waals surface area contributed by atoms with Crippen LogP contribution in [-0.4, -0.2) is 11.8 Å². The van der Waals surface area contributed by atoms with Gasteiger partial charge in [-0.05, 0) is 29.0 Å². The molecule has 2 atom stereocenters. The Bertz CT molecular complexity index is 362. The van der Waals surface area contributed by atoms with E-state index in [1.807, 2.05) is 19.1 Å². The third kappa shape index (κ3) is 2.98. The molecule has 0 nitrogen and oxygen atoms in total. The Morgan fingerprint density at radius 3 is 2.06 bits per heavy atom. The Morgan fingerprint density at radius 1 is 1.00 bits per heavy atom. The molecule has 0 spiro atoms. The summed E-state index contributed by atoms with van der Waals surface area (Å²) in [7, 11) is 0. The molecular weight excluding hydrogens is 286 g/mol. The van der Waals surface area contributed by atoms with Crippen LogP contribution in [0.4, 0.5) is 0 Å². The van der Waals surface area contributed by atoms with Crippen LogP contribution in [0.15, 0.2) is 12.1 Å². The van der Waals surface area contributed by atoms with Gasteiger partial charge in [-0.25, -0.2) is 0 Å². The Kier molecular flexibility index (Phi) is 5.73. The largest absolute Gasteiger partial charge is 0.126 e. The first kappa shape index (κ1) is 14.4. The van der Waals surface area contributed by atoms with Crippen molar-refractivity contribution in [3.8, 4) is 0 Å². The number of alkyl halides is 2. The second-order valence-corrected chi connectivity index (χ2v) is 5.38. The number of halogens is 4. The summed E-state index contributed by atoms with van der Waals surface area (Å²) < 4.78 is 0. The second kappa shape index (κ2) is 6.35. The molecule has 0 aliphatic rings. The first-order chi connectivity index (χ1) is 7.52. The van der Waals surface area contributed by atoms with Crippen molar-refractivity contribution < 1.29 is 0 Å². The van der Waals surface area contributed by atoms with Crippen molar-refractivity contribution in [3.05, 3.63) is 33.3 Å². The van der Waals surface area contributed by atoms with Crippen molar-refractivity contribution >= 4 is 46.4 Å². The summed E-state index contributed by atoms with van der Waals surface area (Å²) in [5, 5.41) is 1.17. The molecule has 0 fully saturated rings. The second-order valence-electron chi connectivity index (χ2n) is 3.97. The van der Waals surface area contributed by atoms with Gasteiger partial charge in [0.1, 0.15) is 0 Å². The average Bonchev–Trinajstić information content (AvgIpc) is 2.30. The molecule has 0 bridgehead atoms. The van der Waals surface area contributed by atoms with E-state index < -0.39 is 0 Å². The number of rotatable bonds is 4. The molecule has 2 unspecified atom stereocenters. The Balaban J connectivity index is 3.32. The minimum absolute atomic E-state index is 0.175. The maximum absolute atomic E-state index is 6.24. The highest BCUT2D eigenvalue weighted by Crippen LogP contribution is 2.37. The molecule has 4 heteroatoms. The van der Waals surface area contributed by atoms with Gasteiger partial charge in [0, 0.05) is 11.8 Å². The van der Waals surface area contributed by atoms with Gasteiger partial charge >= 0.3 is 0 Å². The number of hydrogen-bond donors (Lipinski definition) is 0. The smallest absolute Gasteiger partial charge is 0.0630 e. The number of benzene rings is 1. The summed E-state index contributed by atoms with van der Waals surface area (Å²) in [5.41, 5.74) is 2.16. The normalized spacial score (nSPS) is 14.9. The zero-order valence-electron chi connectivity index (χ0n) is 9.24. The molecule has 90 valence electrons. The van der Waals surface area contributed by atoms with Gasteiger partial charge < -0.3 is 0 Å². The first-order valence-corrected chi connectivity index (χ1v) is 6.95. The maximum Gasteiger partial charge on any atom is 0.0630 e. The topological polar surface area (TPSA) is 0 Å². The molecule has 1 aromatic rings. The fourth-order valence-corrected chi connectivity index (χ4v) is 2.52. The lowest BCUT2D eigenvalue weighted by molar-refractivity contribution is 0.799. The molecule has 0 heterocycles. The Morgan fingerprint density at radius 2 is 1.56 bits per heavy atom. The lowest BCUT2D eigenvalue weighted by atomic mass is 9.90. The van der Waals surface area contributed by atoms with Crippen LogP contribution in [0.1, 0.15) is 36.8 Å². The quantitative estimate of drug-likeness (QED) is 0.628. The van der Waals surface area contributed by atoms with Crippen LogP contribution < -0.4 is 0 Å². The molecule has 0 aromatic heterocycles. The van der Waals surface area contributed by atoms with E-state index in [0.717, 1.165) is 11.1 Å². The zero-order valence-corrected chi connectivity index (χ0v) is 12.3. The summed E-state index contributed by atoms with van der Waals surface area (Å²) in [6.45, 7) is 4.10. The standard InChI is InChI=1S/C12H14Cl4/c1-7(5-13)9-3-4-10(15)12(16)11(9)8(2)6-14/h3-4,7-8H,5-6H2,1-2H3. The minimum atomic E-state index is 0.175. The maximum atomic E-state index is 6.24. The third-order valence-electron chi connectivity index (χ3n) is 2.65. The van der Waals surface area contributed by atoms with Crippen LogP contribution >= 0.6 is 46.4 Å². The van der Waals surface area contributed by atoms with Crippen LogP contribution in [0.3, 0.4) is 0 Å². The van der Waals surface area contributed by atoms with E-state index in [2.05, 4.69) is 6.92 Å². The predicted octanol–water partition coefficient (Wildman–Crippen LogP) is 5.68. The van der Waals surface area contributed by atoms with Crippen molar-refractivity contribution in [1.29, 1.82) is 0 Å². The summed E-state index contributed by atoms with van der Waals surface area (Å²) in [6, 6.07) is 3.80. The zero-order chi connectivity index (χ0) is 12.3. The van der Waals surface area contributed by atoms with E-state index in [0.29, 0.717) is 21.8 Å². The monoisotopic (exact) mass is 298 g/mol. The highest BCUT2D eigenvalue weighted by atomic mass is 35.5. The molecule has 0 N–H and O–H groups in total. The number of hydrogen-bond acceptors (Lipinski definition) is 0. The van der Waals surface area contributed by atoms with Crippen molar-refractivity contribution in [2.45, 2.75) is 25.7 Å². The first-order valence-electron chi connectivity index (χ1n) is 5.12. The van der Waals surface area contributed by atoms with Crippen LogP contribution in [0, 0.1) is 0 Å². The minimum Gasteiger partial charge on any atom is -0.126 e. The van der Waals surface area contributed by atoms with Crippen molar-refractivity contribution in [2.24, 2.45) is 0 Å². The Labute approximate surface area is 117 Å². The highest BCUT2D eigenvalue weighted by molar-refractivity contribution is 6.42. The molecule has 0 aliphatic carbocycles. The third-order valence-corrected chi connectivity index (χ3v) is 4.40. The molecule has 1 aromatic carbocycles. The lowest BCUT2D eigenvalue weighted by Crippen LogP contribution is -2.06. The van der Waals surface area contributed by atoms with Crippen LogP contribution in [0.2, 0.25) is 10.0 Å². The van der Waals surface area contributed by atoms with Gasteiger partial charge in [0.05, 0.1) is 10.0 Å². The molecule has 0 saturated carbocycles. The van der Waals surface area contributed by atoms with Gasteiger partial charge in [-0.3, -0.25) is 0 Å².